The van der Waals surface area contributed by atoms with Crippen LogP contribution in [0.1, 0.15) is 51.8 Å². The molecule has 0 aliphatic heterocycles. The Morgan fingerprint density at radius 3 is 2.58 bits per heavy atom. The smallest absolute Gasteiger partial charge is 0.267 e. The molecule has 5 aromatic rings. The van der Waals surface area contributed by atoms with Crippen molar-refractivity contribution in [3.8, 4) is 5.69 Å². The van der Waals surface area contributed by atoms with E-state index >= 15 is 0 Å². The number of aromatic nitrogens is 5. The zero-order valence-electron chi connectivity index (χ0n) is 20.8. The Labute approximate surface area is 212 Å². The quantitative estimate of drug-likeness (QED) is 0.233. The molecule has 36 heavy (non-hydrogen) atoms. The van der Waals surface area contributed by atoms with Gasteiger partial charge in [-0.25, -0.2) is 4.57 Å². The van der Waals surface area contributed by atoms with Gasteiger partial charge in [0.1, 0.15) is 0 Å². The van der Waals surface area contributed by atoms with Crippen molar-refractivity contribution in [2.75, 3.05) is 5.75 Å². The van der Waals surface area contributed by atoms with E-state index in [9.17, 15) is 9.59 Å². The van der Waals surface area contributed by atoms with Crippen molar-refractivity contribution in [2.45, 2.75) is 51.7 Å². The fraction of sp³-hybridized carbons (Fsp3) is 0.286. The minimum Gasteiger partial charge on any atom is -0.345 e. The third-order valence-corrected chi connectivity index (χ3v) is 8.17. The number of carbonyl (C=O) groups is 1. The highest BCUT2D eigenvalue weighted by atomic mass is 32.2. The third-order valence-electron chi connectivity index (χ3n) is 7.24. The minimum atomic E-state index is -0.139. The molecule has 0 radical (unpaired) electrons. The number of carbonyl (C=O) groups excluding carboxylic acids is 1. The second-order valence-electron chi connectivity index (χ2n) is 9.59. The maximum Gasteiger partial charge on any atom is 0.267 e. The lowest BCUT2D eigenvalue weighted by Crippen LogP contribution is -2.22. The maximum atomic E-state index is 13.6. The van der Waals surface area contributed by atoms with Crippen LogP contribution in [-0.4, -0.2) is 35.3 Å². The van der Waals surface area contributed by atoms with E-state index in [-0.39, 0.29) is 17.1 Å². The van der Waals surface area contributed by atoms with E-state index < -0.39 is 0 Å². The van der Waals surface area contributed by atoms with Crippen LogP contribution in [0.2, 0.25) is 0 Å². The van der Waals surface area contributed by atoms with Gasteiger partial charge in [0, 0.05) is 23.0 Å². The molecule has 0 amide bonds. The number of rotatable bonds is 6. The van der Waals surface area contributed by atoms with Crippen LogP contribution < -0.4 is 5.56 Å². The molecule has 6 rings (SSSR count). The largest absolute Gasteiger partial charge is 0.345 e. The molecule has 0 bridgehead atoms. The number of para-hydroxylation sites is 1. The van der Waals surface area contributed by atoms with Crippen LogP contribution in [0.25, 0.3) is 22.4 Å². The number of hydrogen-bond donors (Lipinski definition) is 0. The van der Waals surface area contributed by atoms with Crippen molar-refractivity contribution in [2.24, 2.45) is 0 Å². The Hall–Kier alpha value is -3.65. The third kappa shape index (κ3) is 3.51. The molecule has 2 aromatic carbocycles. The molecule has 1 aliphatic carbocycles. The molecule has 3 aromatic heterocycles. The number of Topliss-reactive ketones (excluding diaryl/α,β-unsaturated/α-hetero) is 1. The first-order valence-corrected chi connectivity index (χ1v) is 13.1. The molecule has 0 N–H and O–H groups in total. The SMILES string of the molecule is Cc1cccc(-n2c(=O)c3ccccc3n3c(SCC(=O)c4cc(C)n(C5CC5)c4C)nnc23)c1C. The van der Waals surface area contributed by atoms with Crippen molar-refractivity contribution in [1.29, 1.82) is 0 Å². The van der Waals surface area contributed by atoms with E-state index in [1.54, 1.807) is 4.57 Å². The predicted octanol–water partition coefficient (Wildman–Crippen LogP) is 5.38. The van der Waals surface area contributed by atoms with Crippen LogP contribution in [0.5, 0.6) is 0 Å². The summed E-state index contributed by atoms with van der Waals surface area (Å²) >= 11 is 1.35. The zero-order valence-corrected chi connectivity index (χ0v) is 21.6. The average Bonchev–Trinajstić information content (AvgIpc) is 3.54. The van der Waals surface area contributed by atoms with Gasteiger partial charge in [-0.15, -0.1) is 10.2 Å². The molecule has 182 valence electrons. The highest BCUT2D eigenvalue weighted by molar-refractivity contribution is 7.99. The van der Waals surface area contributed by atoms with E-state index in [0.29, 0.717) is 22.4 Å². The second kappa shape index (κ2) is 8.48. The molecule has 1 fully saturated rings. The second-order valence-corrected chi connectivity index (χ2v) is 10.5. The summed E-state index contributed by atoms with van der Waals surface area (Å²) in [6.45, 7) is 8.14. The number of benzene rings is 2. The summed E-state index contributed by atoms with van der Waals surface area (Å²) in [7, 11) is 0. The summed E-state index contributed by atoms with van der Waals surface area (Å²) in [5.74, 6) is 0.755. The molecule has 0 unspecified atom stereocenters. The van der Waals surface area contributed by atoms with Crippen LogP contribution in [0.4, 0.5) is 0 Å². The Morgan fingerprint density at radius 2 is 1.81 bits per heavy atom. The lowest BCUT2D eigenvalue weighted by Gasteiger charge is -2.14. The number of nitrogens with zero attached hydrogens (tertiary/aromatic N) is 5. The van der Waals surface area contributed by atoms with Crippen molar-refractivity contribution in [3.05, 3.63) is 87.0 Å². The Morgan fingerprint density at radius 1 is 1.03 bits per heavy atom. The first-order valence-electron chi connectivity index (χ1n) is 12.2. The number of aryl methyl sites for hydroxylation is 2. The molecular formula is C28H27N5O2S. The molecule has 1 aliphatic rings. The summed E-state index contributed by atoms with van der Waals surface area (Å²) in [6.07, 6.45) is 2.36. The van der Waals surface area contributed by atoms with E-state index in [1.807, 2.05) is 73.7 Å². The number of thioether (sulfide) groups is 1. The van der Waals surface area contributed by atoms with Gasteiger partial charge in [0.25, 0.3) is 5.56 Å². The van der Waals surface area contributed by atoms with Gasteiger partial charge < -0.3 is 4.57 Å². The monoisotopic (exact) mass is 497 g/mol. The summed E-state index contributed by atoms with van der Waals surface area (Å²) in [5.41, 5.74) is 6.43. The van der Waals surface area contributed by atoms with Crippen LogP contribution in [0.15, 0.2) is 58.5 Å². The Kier molecular flexibility index (Phi) is 5.37. The summed E-state index contributed by atoms with van der Waals surface area (Å²) in [4.78, 5) is 26.9. The van der Waals surface area contributed by atoms with Crippen molar-refractivity contribution in [3.63, 3.8) is 0 Å². The Balaban J connectivity index is 1.45. The van der Waals surface area contributed by atoms with Crippen molar-refractivity contribution >= 4 is 34.2 Å². The van der Waals surface area contributed by atoms with Gasteiger partial charge in [-0.05, 0) is 75.9 Å². The fourth-order valence-corrected chi connectivity index (χ4v) is 5.95. The topological polar surface area (TPSA) is 74.2 Å². The number of hydrogen-bond acceptors (Lipinski definition) is 5. The highest BCUT2D eigenvalue weighted by Crippen LogP contribution is 2.38. The van der Waals surface area contributed by atoms with Gasteiger partial charge >= 0.3 is 0 Å². The molecule has 7 nitrogen and oxygen atoms in total. The van der Waals surface area contributed by atoms with Crippen molar-refractivity contribution in [1.82, 2.24) is 23.7 Å². The zero-order chi connectivity index (χ0) is 25.1. The molecule has 0 atom stereocenters. The molecule has 3 heterocycles. The van der Waals surface area contributed by atoms with Crippen LogP contribution in [0.3, 0.4) is 0 Å². The van der Waals surface area contributed by atoms with Crippen LogP contribution in [-0.2, 0) is 0 Å². The van der Waals surface area contributed by atoms with Crippen LogP contribution in [0, 0.1) is 27.7 Å². The highest BCUT2D eigenvalue weighted by Gasteiger charge is 2.28. The first kappa shape index (κ1) is 22.8. The standard InChI is InChI=1S/C28H27N5O2S/c1-16-8-7-11-23(18(16)3)32-26(35)21-9-5-6-10-24(21)33-27(32)29-30-28(33)36-15-25(34)22-14-17(2)31(19(22)4)20-12-13-20/h5-11,14,20H,12-13,15H2,1-4H3. The normalized spacial score (nSPS) is 13.7. The fourth-order valence-electron chi connectivity index (χ4n) is 5.13. The molecule has 0 spiro atoms. The maximum absolute atomic E-state index is 13.6. The van der Waals surface area contributed by atoms with E-state index in [1.165, 1.54) is 24.6 Å². The number of ketones is 1. The molecule has 1 saturated carbocycles. The summed E-state index contributed by atoms with van der Waals surface area (Å²) in [5, 5.41) is 10.0. The molecule has 0 saturated heterocycles. The van der Waals surface area contributed by atoms with Gasteiger partial charge in [0.15, 0.2) is 10.9 Å². The lowest BCUT2D eigenvalue weighted by molar-refractivity contribution is 0.102. The summed E-state index contributed by atoms with van der Waals surface area (Å²) < 4.78 is 5.82. The molecular weight excluding hydrogens is 470 g/mol. The van der Waals surface area contributed by atoms with Gasteiger partial charge in [-0.2, -0.15) is 0 Å². The average molecular weight is 498 g/mol. The van der Waals surface area contributed by atoms with Gasteiger partial charge in [0.05, 0.1) is 22.3 Å². The summed E-state index contributed by atoms with van der Waals surface area (Å²) in [6, 6.07) is 15.9. The van der Waals surface area contributed by atoms with E-state index in [2.05, 4.69) is 21.7 Å². The first-order chi connectivity index (χ1) is 17.4. The van der Waals surface area contributed by atoms with E-state index in [0.717, 1.165) is 39.3 Å². The number of fused-ring (bicyclic) bond motifs is 3. The lowest BCUT2D eigenvalue weighted by atomic mass is 10.1. The van der Waals surface area contributed by atoms with Crippen LogP contribution >= 0.6 is 11.8 Å². The van der Waals surface area contributed by atoms with Gasteiger partial charge in [-0.3, -0.25) is 14.0 Å². The Bertz CT molecular complexity index is 1740. The minimum absolute atomic E-state index is 0.0731. The predicted molar refractivity (Wildman–Crippen MR) is 143 cm³/mol. The molecule has 8 heteroatoms. The van der Waals surface area contributed by atoms with Gasteiger partial charge in [0.2, 0.25) is 5.78 Å². The van der Waals surface area contributed by atoms with Gasteiger partial charge in [-0.1, -0.05) is 36.0 Å². The van der Waals surface area contributed by atoms with Crippen molar-refractivity contribution < 1.29 is 4.79 Å². The van der Waals surface area contributed by atoms with E-state index in [4.69, 9.17) is 0 Å².